The Morgan fingerprint density at radius 2 is 2.19 bits per heavy atom. The Balaban J connectivity index is 1.69. The molecule has 1 saturated heterocycles. The summed E-state index contributed by atoms with van der Waals surface area (Å²) in [6.45, 7) is 1.87. The minimum Gasteiger partial charge on any atom is -0.508 e. The van der Waals surface area contributed by atoms with E-state index in [0.717, 1.165) is 36.8 Å². The molecule has 3 heterocycles. The number of benzene rings is 1. The highest BCUT2D eigenvalue weighted by Gasteiger charge is 2.21. The summed E-state index contributed by atoms with van der Waals surface area (Å²) >= 11 is 0. The predicted molar refractivity (Wildman–Crippen MR) is 102 cm³/mol. The summed E-state index contributed by atoms with van der Waals surface area (Å²) in [4.78, 5) is 11.6. The van der Waals surface area contributed by atoms with Crippen molar-refractivity contribution in [3.05, 3.63) is 41.9 Å². The molecule has 4 rings (SSSR count). The third kappa shape index (κ3) is 3.06. The normalized spacial score (nSPS) is 17.3. The number of H-pyrrole nitrogens is 1. The molecule has 0 spiro atoms. The summed E-state index contributed by atoms with van der Waals surface area (Å²) < 4.78 is 0. The van der Waals surface area contributed by atoms with Crippen LogP contribution in [0.1, 0.15) is 24.1 Å². The molecule has 1 aliphatic heterocycles. The fraction of sp³-hybridized carbons (Fsp3) is 0.278. The van der Waals surface area contributed by atoms with Gasteiger partial charge in [-0.15, -0.1) is 0 Å². The number of nitrogens with two attached hydrogens (primary N) is 1. The molecular weight excluding hydrogens is 330 g/mol. The average Bonchev–Trinajstić information content (AvgIpc) is 3.05. The molecule has 7 N–H and O–H groups in total. The highest BCUT2D eigenvalue weighted by molar-refractivity contribution is 6.16. The molecule has 0 radical (unpaired) electrons. The molecule has 134 valence electrons. The van der Waals surface area contributed by atoms with Crippen molar-refractivity contribution >= 4 is 28.3 Å². The number of aromatic amines is 1. The zero-order chi connectivity index (χ0) is 18.1. The van der Waals surface area contributed by atoms with Crippen molar-refractivity contribution < 1.29 is 5.11 Å². The molecule has 8 nitrogen and oxygen atoms in total. The van der Waals surface area contributed by atoms with Crippen molar-refractivity contribution in [1.29, 1.82) is 5.41 Å². The van der Waals surface area contributed by atoms with Crippen molar-refractivity contribution in [3.63, 3.8) is 0 Å². The van der Waals surface area contributed by atoms with Gasteiger partial charge < -0.3 is 26.5 Å². The van der Waals surface area contributed by atoms with Gasteiger partial charge >= 0.3 is 0 Å². The SMILES string of the molecule is N=C(c1cc2cc(O)ccc2[nH]1)c1c(N)ncnc1NC1CCCNC1. The number of nitrogens with one attached hydrogen (secondary N) is 4. The number of nitrogens with zero attached hydrogens (tertiary/aromatic N) is 2. The lowest BCUT2D eigenvalue weighted by Gasteiger charge is -2.25. The fourth-order valence-corrected chi connectivity index (χ4v) is 3.31. The number of aromatic nitrogens is 3. The lowest BCUT2D eigenvalue weighted by Crippen LogP contribution is -2.39. The molecule has 8 heteroatoms. The van der Waals surface area contributed by atoms with E-state index in [2.05, 4.69) is 25.6 Å². The molecule has 1 fully saturated rings. The van der Waals surface area contributed by atoms with Crippen molar-refractivity contribution in [2.24, 2.45) is 0 Å². The third-order valence-corrected chi connectivity index (χ3v) is 4.64. The van der Waals surface area contributed by atoms with Crippen LogP contribution in [0.3, 0.4) is 0 Å². The van der Waals surface area contributed by atoms with Gasteiger partial charge in [0, 0.05) is 23.5 Å². The van der Waals surface area contributed by atoms with E-state index in [1.165, 1.54) is 6.33 Å². The molecule has 0 aliphatic carbocycles. The number of phenols is 1. The van der Waals surface area contributed by atoms with Crippen LogP contribution in [0.5, 0.6) is 5.75 Å². The molecule has 1 unspecified atom stereocenters. The van der Waals surface area contributed by atoms with E-state index >= 15 is 0 Å². The number of anilines is 2. The largest absolute Gasteiger partial charge is 0.508 e. The zero-order valence-corrected chi connectivity index (χ0v) is 14.2. The molecular formula is C18H21N7O. The van der Waals surface area contributed by atoms with Crippen LogP contribution in [0, 0.1) is 5.41 Å². The summed E-state index contributed by atoms with van der Waals surface area (Å²) in [5.74, 6) is 1.01. The Morgan fingerprint density at radius 1 is 1.31 bits per heavy atom. The second-order valence-electron chi connectivity index (χ2n) is 6.50. The van der Waals surface area contributed by atoms with Gasteiger partial charge in [-0.25, -0.2) is 9.97 Å². The van der Waals surface area contributed by atoms with Crippen LogP contribution in [0.4, 0.5) is 11.6 Å². The van der Waals surface area contributed by atoms with Crippen molar-refractivity contribution in [2.45, 2.75) is 18.9 Å². The smallest absolute Gasteiger partial charge is 0.141 e. The van der Waals surface area contributed by atoms with Crippen LogP contribution < -0.4 is 16.4 Å². The number of phenolic OH excluding ortho intramolecular Hbond substituents is 1. The van der Waals surface area contributed by atoms with Gasteiger partial charge in [0.25, 0.3) is 0 Å². The molecule has 0 amide bonds. The number of rotatable bonds is 4. The first-order valence-corrected chi connectivity index (χ1v) is 8.60. The molecule has 26 heavy (non-hydrogen) atoms. The zero-order valence-electron chi connectivity index (χ0n) is 14.2. The van der Waals surface area contributed by atoms with Gasteiger partial charge in [-0.3, -0.25) is 5.41 Å². The molecule has 1 atom stereocenters. The van der Waals surface area contributed by atoms with E-state index in [4.69, 9.17) is 11.1 Å². The molecule has 2 aromatic heterocycles. The second-order valence-corrected chi connectivity index (χ2v) is 6.50. The van der Waals surface area contributed by atoms with E-state index in [1.54, 1.807) is 18.2 Å². The summed E-state index contributed by atoms with van der Waals surface area (Å²) in [6, 6.07) is 7.09. The Kier molecular flexibility index (Phi) is 4.18. The Labute approximate surface area is 150 Å². The average molecular weight is 351 g/mol. The Bertz CT molecular complexity index is 959. The minimum absolute atomic E-state index is 0.185. The molecule has 3 aromatic rings. The van der Waals surface area contributed by atoms with Crippen LogP contribution >= 0.6 is 0 Å². The Morgan fingerprint density at radius 3 is 3.00 bits per heavy atom. The molecule has 0 bridgehead atoms. The van der Waals surface area contributed by atoms with Crippen LogP contribution in [-0.2, 0) is 0 Å². The number of fused-ring (bicyclic) bond motifs is 1. The number of hydrogen-bond donors (Lipinski definition) is 6. The van der Waals surface area contributed by atoms with Gasteiger partial charge in [0.15, 0.2) is 0 Å². The maximum absolute atomic E-state index is 9.64. The number of hydrogen-bond acceptors (Lipinski definition) is 7. The monoisotopic (exact) mass is 351 g/mol. The summed E-state index contributed by atoms with van der Waals surface area (Å²) in [5, 5.41) is 25.9. The predicted octanol–water partition coefficient (Wildman–Crippen LogP) is 1.83. The van der Waals surface area contributed by atoms with Crippen molar-refractivity contribution in [1.82, 2.24) is 20.3 Å². The minimum atomic E-state index is 0.185. The van der Waals surface area contributed by atoms with Crippen molar-refractivity contribution in [2.75, 3.05) is 24.1 Å². The maximum atomic E-state index is 9.64. The van der Waals surface area contributed by atoms with E-state index < -0.39 is 0 Å². The number of piperidine rings is 1. The quantitative estimate of drug-likeness (QED) is 0.397. The van der Waals surface area contributed by atoms with Crippen LogP contribution in [-0.4, -0.2) is 44.9 Å². The molecule has 1 aliphatic rings. The summed E-state index contributed by atoms with van der Waals surface area (Å²) in [7, 11) is 0. The first kappa shape index (κ1) is 16.3. The third-order valence-electron chi connectivity index (χ3n) is 4.64. The summed E-state index contributed by atoms with van der Waals surface area (Å²) in [6.07, 6.45) is 3.54. The first-order valence-electron chi connectivity index (χ1n) is 8.60. The fourth-order valence-electron chi connectivity index (χ4n) is 3.31. The van der Waals surface area contributed by atoms with Crippen LogP contribution in [0.25, 0.3) is 10.9 Å². The van der Waals surface area contributed by atoms with Gasteiger partial charge in [-0.2, -0.15) is 0 Å². The van der Waals surface area contributed by atoms with E-state index in [-0.39, 0.29) is 23.3 Å². The number of aromatic hydroxyl groups is 1. The van der Waals surface area contributed by atoms with E-state index in [1.807, 2.05) is 6.07 Å². The van der Waals surface area contributed by atoms with Gasteiger partial charge in [0.1, 0.15) is 23.7 Å². The van der Waals surface area contributed by atoms with Crippen LogP contribution in [0.2, 0.25) is 0 Å². The van der Waals surface area contributed by atoms with Gasteiger partial charge in [-0.1, -0.05) is 0 Å². The van der Waals surface area contributed by atoms with E-state index in [9.17, 15) is 5.11 Å². The van der Waals surface area contributed by atoms with Crippen molar-refractivity contribution in [3.8, 4) is 5.75 Å². The number of nitrogen functional groups attached to an aromatic ring is 1. The lowest BCUT2D eigenvalue weighted by molar-refractivity contribution is 0.476. The van der Waals surface area contributed by atoms with Crippen LogP contribution in [0.15, 0.2) is 30.6 Å². The lowest BCUT2D eigenvalue weighted by atomic mass is 10.1. The highest BCUT2D eigenvalue weighted by Crippen LogP contribution is 2.26. The Hall–Kier alpha value is -3.13. The topological polar surface area (TPSA) is 136 Å². The van der Waals surface area contributed by atoms with Gasteiger partial charge in [0.05, 0.1) is 17.0 Å². The maximum Gasteiger partial charge on any atom is 0.141 e. The highest BCUT2D eigenvalue weighted by atomic mass is 16.3. The molecule has 1 aromatic carbocycles. The van der Waals surface area contributed by atoms with E-state index in [0.29, 0.717) is 17.1 Å². The summed E-state index contributed by atoms with van der Waals surface area (Å²) in [5.41, 5.74) is 8.21. The second kappa shape index (κ2) is 6.64. The molecule has 0 saturated carbocycles. The van der Waals surface area contributed by atoms with Gasteiger partial charge in [0.2, 0.25) is 0 Å². The first-order chi connectivity index (χ1) is 12.6. The standard InChI is InChI=1S/C18H21N7O/c19-16(14-7-10-6-12(26)3-4-13(10)25-14)15-17(20)22-9-23-18(15)24-11-2-1-5-21-8-11/h3-4,6-7,9,11,19,21,25-26H,1-2,5,8H2,(H3,20,22,23,24). The van der Waals surface area contributed by atoms with Gasteiger partial charge in [-0.05, 0) is 43.7 Å².